The molecule has 0 aromatic heterocycles. The Bertz CT molecular complexity index is 917. The number of phenols is 1. The van der Waals surface area contributed by atoms with Gasteiger partial charge in [0.25, 0.3) is 5.91 Å². The number of anilines is 1. The fourth-order valence-electron chi connectivity index (χ4n) is 2.29. The zero-order valence-electron chi connectivity index (χ0n) is 12.8. The summed E-state index contributed by atoms with van der Waals surface area (Å²) >= 11 is 16.0. The van der Waals surface area contributed by atoms with Crippen molar-refractivity contribution in [1.82, 2.24) is 0 Å². The molecule has 1 saturated heterocycles. The van der Waals surface area contributed by atoms with Crippen LogP contribution in [-0.2, 0) is 4.79 Å². The number of rotatable bonds is 3. The lowest BCUT2D eigenvalue weighted by Gasteiger charge is -2.15. The zero-order chi connectivity index (χ0) is 18.1. The number of halogens is 2. The van der Waals surface area contributed by atoms with E-state index in [-0.39, 0.29) is 11.7 Å². The summed E-state index contributed by atoms with van der Waals surface area (Å²) in [5, 5.41) is 10.3. The van der Waals surface area contributed by atoms with Crippen molar-refractivity contribution in [3.8, 4) is 11.5 Å². The lowest BCUT2D eigenvalue weighted by atomic mass is 10.2. The molecule has 2 aromatic rings. The number of hydrogen-bond acceptors (Lipinski definition) is 5. The highest BCUT2D eigenvalue weighted by Gasteiger charge is 2.34. The number of thioether (sulfide) groups is 1. The summed E-state index contributed by atoms with van der Waals surface area (Å²) in [4.78, 5) is 14.7. The third kappa shape index (κ3) is 3.55. The molecule has 8 heteroatoms. The van der Waals surface area contributed by atoms with Crippen LogP contribution in [0.5, 0.6) is 11.5 Å². The first-order valence-electron chi connectivity index (χ1n) is 7.01. The summed E-state index contributed by atoms with van der Waals surface area (Å²) in [7, 11) is 1.46. The van der Waals surface area contributed by atoms with Crippen molar-refractivity contribution < 1.29 is 14.6 Å². The van der Waals surface area contributed by atoms with Crippen molar-refractivity contribution in [2.24, 2.45) is 0 Å². The number of aromatic hydroxyl groups is 1. The first-order chi connectivity index (χ1) is 11.9. The summed E-state index contributed by atoms with van der Waals surface area (Å²) in [5.74, 6) is 0.0664. The van der Waals surface area contributed by atoms with Gasteiger partial charge in [0.1, 0.15) is 0 Å². The maximum Gasteiger partial charge on any atom is 0.270 e. The second-order valence-electron chi connectivity index (χ2n) is 5.02. The number of amides is 1. The number of carbonyl (C=O) groups excluding carboxylic acids is 1. The van der Waals surface area contributed by atoms with Crippen LogP contribution >= 0.6 is 51.5 Å². The van der Waals surface area contributed by atoms with Gasteiger partial charge in [0.2, 0.25) is 0 Å². The number of hydrogen-bond donors (Lipinski definition) is 1. The molecule has 1 fully saturated rings. The molecule has 0 bridgehead atoms. The normalized spacial score (nSPS) is 16.0. The van der Waals surface area contributed by atoms with Crippen molar-refractivity contribution in [2.45, 2.75) is 0 Å². The summed E-state index contributed by atoms with van der Waals surface area (Å²) in [6, 6.07) is 10.4. The number of ether oxygens (including phenoxy) is 1. The van der Waals surface area contributed by atoms with E-state index in [4.69, 9.17) is 28.6 Å². The van der Waals surface area contributed by atoms with Gasteiger partial charge >= 0.3 is 0 Å². The van der Waals surface area contributed by atoms with Crippen LogP contribution in [0.15, 0.2) is 45.8 Å². The van der Waals surface area contributed by atoms with Gasteiger partial charge in [-0.1, -0.05) is 47.7 Å². The molecular formula is C17H11BrClNO3S2. The predicted octanol–water partition coefficient (Wildman–Crippen LogP) is 5.22. The van der Waals surface area contributed by atoms with Crippen LogP contribution in [0.2, 0.25) is 5.02 Å². The van der Waals surface area contributed by atoms with Gasteiger partial charge in [-0.2, -0.15) is 0 Å². The fraction of sp³-hybridized carbons (Fsp3) is 0.0588. The number of nitrogens with zero attached hydrogens (tertiary/aromatic N) is 1. The highest BCUT2D eigenvalue weighted by molar-refractivity contribution is 9.10. The van der Waals surface area contributed by atoms with Crippen LogP contribution in [0, 0.1) is 0 Å². The predicted molar refractivity (Wildman–Crippen MR) is 109 cm³/mol. The van der Waals surface area contributed by atoms with E-state index in [1.807, 2.05) is 0 Å². The van der Waals surface area contributed by atoms with E-state index in [2.05, 4.69) is 15.9 Å². The number of carbonyl (C=O) groups is 1. The van der Waals surface area contributed by atoms with E-state index in [0.29, 0.717) is 35.7 Å². The Morgan fingerprint density at radius 1 is 1.36 bits per heavy atom. The van der Waals surface area contributed by atoms with E-state index in [0.717, 1.165) is 0 Å². The molecule has 0 radical (unpaired) electrons. The molecule has 0 aliphatic carbocycles. The molecule has 1 heterocycles. The first kappa shape index (κ1) is 18.3. The Morgan fingerprint density at radius 2 is 2.08 bits per heavy atom. The summed E-state index contributed by atoms with van der Waals surface area (Å²) in [6.45, 7) is 0. The Hall–Kier alpha value is -1.54. The van der Waals surface area contributed by atoms with Crippen molar-refractivity contribution in [1.29, 1.82) is 0 Å². The molecule has 0 atom stereocenters. The van der Waals surface area contributed by atoms with Crippen molar-refractivity contribution in [2.75, 3.05) is 12.0 Å². The number of methoxy groups -OCH3 is 1. The smallest absolute Gasteiger partial charge is 0.270 e. The molecule has 4 nitrogen and oxygen atoms in total. The molecule has 3 rings (SSSR count). The Morgan fingerprint density at radius 3 is 2.76 bits per heavy atom. The molecule has 1 aliphatic rings. The van der Waals surface area contributed by atoms with Crippen LogP contribution in [0.1, 0.15) is 5.56 Å². The van der Waals surface area contributed by atoms with E-state index in [1.165, 1.54) is 23.8 Å². The minimum absolute atomic E-state index is 0.00302. The van der Waals surface area contributed by atoms with Crippen molar-refractivity contribution in [3.05, 3.63) is 56.4 Å². The van der Waals surface area contributed by atoms with Crippen LogP contribution in [0.25, 0.3) is 6.08 Å². The van der Waals surface area contributed by atoms with E-state index in [1.54, 1.807) is 42.5 Å². The zero-order valence-corrected chi connectivity index (χ0v) is 16.8. The van der Waals surface area contributed by atoms with Crippen molar-refractivity contribution in [3.63, 3.8) is 0 Å². The third-order valence-electron chi connectivity index (χ3n) is 3.46. The third-order valence-corrected chi connectivity index (χ3v) is 5.68. The average Bonchev–Trinajstić information content (AvgIpc) is 2.85. The molecule has 25 heavy (non-hydrogen) atoms. The molecule has 1 N–H and O–H groups in total. The number of phenolic OH excluding ortho intramolecular Hbond substituents is 1. The molecule has 1 aliphatic heterocycles. The Balaban J connectivity index is 1.99. The topological polar surface area (TPSA) is 49.8 Å². The van der Waals surface area contributed by atoms with Gasteiger partial charge in [-0.05, 0) is 51.8 Å². The van der Waals surface area contributed by atoms with Gasteiger partial charge in [0.05, 0.1) is 27.2 Å². The van der Waals surface area contributed by atoms with E-state index >= 15 is 0 Å². The van der Waals surface area contributed by atoms with Gasteiger partial charge in [-0.25, -0.2) is 0 Å². The molecule has 0 unspecified atom stereocenters. The second kappa shape index (κ2) is 7.37. The molecule has 2 aromatic carbocycles. The SMILES string of the molecule is COc1cc(/C=C2\SC(=S)N(c3ccccc3Cl)C2=O)cc(Br)c1O. The summed E-state index contributed by atoms with van der Waals surface area (Å²) < 4.78 is 6.01. The number of thiocarbonyl (C=S) groups is 1. The minimum atomic E-state index is -0.244. The van der Waals surface area contributed by atoms with Gasteiger partial charge < -0.3 is 9.84 Å². The van der Waals surface area contributed by atoms with Crippen LogP contribution < -0.4 is 9.64 Å². The van der Waals surface area contributed by atoms with Crippen molar-refractivity contribution >= 4 is 73.5 Å². The number of benzene rings is 2. The summed E-state index contributed by atoms with van der Waals surface area (Å²) in [6.07, 6.45) is 1.70. The fourth-order valence-corrected chi connectivity index (χ4v) is 4.26. The van der Waals surface area contributed by atoms with Gasteiger partial charge in [0, 0.05) is 0 Å². The molecule has 128 valence electrons. The van der Waals surface area contributed by atoms with Gasteiger partial charge in [-0.15, -0.1) is 0 Å². The van der Waals surface area contributed by atoms with Gasteiger partial charge in [0.15, 0.2) is 15.8 Å². The quantitative estimate of drug-likeness (QED) is 0.507. The Labute approximate surface area is 167 Å². The Kier molecular flexibility index (Phi) is 5.38. The highest BCUT2D eigenvalue weighted by atomic mass is 79.9. The van der Waals surface area contributed by atoms with E-state index in [9.17, 15) is 9.90 Å². The lowest BCUT2D eigenvalue weighted by molar-refractivity contribution is -0.113. The van der Waals surface area contributed by atoms with Crippen LogP contribution in [0.3, 0.4) is 0 Å². The van der Waals surface area contributed by atoms with Crippen LogP contribution in [-0.4, -0.2) is 22.4 Å². The lowest BCUT2D eigenvalue weighted by Crippen LogP contribution is -2.27. The maximum atomic E-state index is 12.8. The standard InChI is InChI=1S/C17H11BrClNO3S2/c1-23-13-7-9(6-10(18)15(13)21)8-14-16(22)20(17(24)25-14)12-5-3-2-4-11(12)19/h2-8,21H,1H3/b14-8-. The number of para-hydroxylation sites is 1. The molecule has 0 spiro atoms. The highest BCUT2D eigenvalue weighted by Crippen LogP contribution is 2.40. The molecular weight excluding hydrogens is 446 g/mol. The summed E-state index contributed by atoms with van der Waals surface area (Å²) in [5.41, 5.74) is 1.25. The average molecular weight is 457 g/mol. The monoisotopic (exact) mass is 455 g/mol. The molecule has 0 saturated carbocycles. The minimum Gasteiger partial charge on any atom is -0.503 e. The maximum absolute atomic E-state index is 12.8. The second-order valence-corrected chi connectivity index (χ2v) is 7.96. The first-order valence-corrected chi connectivity index (χ1v) is 9.41. The largest absolute Gasteiger partial charge is 0.503 e. The van der Waals surface area contributed by atoms with Crippen LogP contribution in [0.4, 0.5) is 5.69 Å². The van der Waals surface area contributed by atoms with Gasteiger partial charge in [-0.3, -0.25) is 9.69 Å². The van der Waals surface area contributed by atoms with E-state index < -0.39 is 0 Å². The molecule has 1 amide bonds.